The van der Waals surface area contributed by atoms with Crippen LogP contribution >= 0.6 is 0 Å². The molecule has 2 N–H and O–H groups in total. The molecule has 2 fully saturated rings. The number of aliphatic hydroxyl groups is 1. The summed E-state index contributed by atoms with van der Waals surface area (Å²) in [7, 11) is 0. The van der Waals surface area contributed by atoms with E-state index in [1.165, 1.54) is 6.42 Å². The molecule has 1 aromatic rings. The van der Waals surface area contributed by atoms with Crippen LogP contribution in [0.15, 0.2) is 30.3 Å². The molecule has 0 spiro atoms. The molecule has 2 saturated heterocycles. The van der Waals surface area contributed by atoms with Crippen LogP contribution in [-0.4, -0.2) is 66.6 Å². The second kappa shape index (κ2) is 8.60. The average molecular weight is 331 g/mol. The zero-order valence-electron chi connectivity index (χ0n) is 14.4. The summed E-state index contributed by atoms with van der Waals surface area (Å²) in [6, 6.07) is 9.79. The van der Waals surface area contributed by atoms with Gasteiger partial charge in [0.2, 0.25) is 5.91 Å². The summed E-state index contributed by atoms with van der Waals surface area (Å²) in [5, 5.41) is 13.7. The van der Waals surface area contributed by atoms with E-state index in [0.717, 1.165) is 51.3 Å². The monoisotopic (exact) mass is 331 g/mol. The highest BCUT2D eigenvalue weighted by Gasteiger charge is 2.24. The molecule has 0 saturated carbocycles. The zero-order valence-corrected chi connectivity index (χ0v) is 14.4. The Labute approximate surface area is 144 Å². The van der Waals surface area contributed by atoms with E-state index in [-0.39, 0.29) is 0 Å². The van der Waals surface area contributed by atoms with Crippen molar-refractivity contribution in [2.45, 2.75) is 25.4 Å². The summed E-state index contributed by atoms with van der Waals surface area (Å²) < 4.78 is 0. The number of nitrogens with zero attached hydrogens (tertiary/aromatic N) is 2. The molecular weight excluding hydrogens is 302 g/mol. The van der Waals surface area contributed by atoms with Crippen LogP contribution in [0.1, 0.15) is 30.9 Å². The molecule has 0 bridgehead atoms. The Morgan fingerprint density at radius 2 is 1.96 bits per heavy atom. The van der Waals surface area contributed by atoms with Gasteiger partial charge in [-0.15, -0.1) is 0 Å². The predicted molar refractivity (Wildman–Crippen MR) is 94.6 cm³/mol. The number of β-amino-alcohol motifs (C(OH)–C–C–N with tert-alkyl or cyclic N) is 1. The minimum atomic E-state index is -0.455. The number of carbonyl (C=O) groups is 1. The highest BCUT2D eigenvalue weighted by atomic mass is 16.3. The Bertz CT molecular complexity index is 509. The van der Waals surface area contributed by atoms with Crippen molar-refractivity contribution in [1.29, 1.82) is 0 Å². The van der Waals surface area contributed by atoms with E-state index in [2.05, 4.69) is 10.2 Å². The van der Waals surface area contributed by atoms with Gasteiger partial charge in [-0.3, -0.25) is 9.69 Å². The Morgan fingerprint density at radius 3 is 2.62 bits per heavy atom. The van der Waals surface area contributed by atoms with Gasteiger partial charge >= 0.3 is 0 Å². The average Bonchev–Trinajstić information content (AvgIpc) is 3.14. The van der Waals surface area contributed by atoms with E-state index in [1.54, 1.807) is 0 Å². The minimum absolute atomic E-state index is 0.296. The van der Waals surface area contributed by atoms with Crippen LogP contribution in [-0.2, 0) is 4.79 Å². The lowest BCUT2D eigenvalue weighted by Gasteiger charge is -2.35. The molecule has 1 amide bonds. The maximum atomic E-state index is 12.3. The fraction of sp³-hybridized carbons (Fsp3) is 0.632. The van der Waals surface area contributed by atoms with Crippen LogP contribution in [0.3, 0.4) is 0 Å². The molecule has 3 rings (SSSR count). The van der Waals surface area contributed by atoms with Crippen LogP contribution < -0.4 is 5.32 Å². The first-order valence-corrected chi connectivity index (χ1v) is 9.16. The fourth-order valence-corrected chi connectivity index (χ4v) is 3.65. The molecule has 5 nitrogen and oxygen atoms in total. The highest BCUT2D eigenvalue weighted by Crippen LogP contribution is 2.17. The number of carbonyl (C=O) groups excluding carboxylic acids is 1. The van der Waals surface area contributed by atoms with Gasteiger partial charge in [-0.05, 0) is 37.4 Å². The van der Waals surface area contributed by atoms with Crippen molar-refractivity contribution in [3.8, 4) is 0 Å². The van der Waals surface area contributed by atoms with E-state index in [1.807, 2.05) is 35.2 Å². The number of hydrogen-bond acceptors (Lipinski definition) is 4. The highest BCUT2D eigenvalue weighted by molar-refractivity contribution is 5.76. The third kappa shape index (κ3) is 4.79. The second-order valence-corrected chi connectivity index (χ2v) is 7.01. The normalized spacial score (nSPS) is 23.4. The van der Waals surface area contributed by atoms with E-state index >= 15 is 0 Å². The number of benzene rings is 1. The summed E-state index contributed by atoms with van der Waals surface area (Å²) in [6.07, 6.45) is 2.44. The van der Waals surface area contributed by atoms with Gasteiger partial charge in [0.05, 0.1) is 6.10 Å². The van der Waals surface area contributed by atoms with Crippen molar-refractivity contribution in [3.05, 3.63) is 35.9 Å². The van der Waals surface area contributed by atoms with Crippen molar-refractivity contribution in [3.63, 3.8) is 0 Å². The summed E-state index contributed by atoms with van der Waals surface area (Å²) in [6.45, 7) is 6.06. The van der Waals surface area contributed by atoms with E-state index in [4.69, 9.17) is 0 Å². The second-order valence-electron chi connectivity index (χ2n) is 7.01. The summed E-state index contributed by atoms with van der Waals surface area (Å²) in [5.41, 5.74) is 0.959. The van der Waals surface area contributed by atoms with Gasteiger partial charge in [0.15, 0.2) is 0 Å². The van der Waals surface area contributed by atoms with Crippen LogP contribution in [0.2, 0.25) is 0 Å². The standard InChI is InChI=1S/C19H29N3O2/c23-18(17-4-2-1-3-5-17)15-21-10-12-22(13-11-21)19(24)7-6-16-8-9-20-14-16/h1-5,16,18,20,23H,6-15H2. The number of nitrogens with one attached hydrogen (secondary N) is 1. The molecule has 0 aromatic heterocycles. The third-order valence-electron chi connectivity index (χ3n) is 5.27. The molecule has 2 unspecified atom stereocenters. The van der Waals surface area contributed by atoms with E-state index in [0.29, 0.717) is 24.8 Å². The predicted octanol–water partition coefficient (Wildman–Crippen LogP) is 1.25. The molecule has 0 aliphatic carbocycles. The van der Waals surface area contributed by atoms with E-state index in [9.17, 15) is 9.90 Å². The van der Waals surface area contributed by atoms with Gasteiger partial charge in [0.1, 0.15) is 0 Å². The number of amides is 1. The van der Waals surface area contributed by atoms with Gasteiger partial charge in [0, 0.05) is 39.1 Å². The fourth-order valence-electron chi connectivity index (χ4n) is 3.65. The maximum absolute atomic E-state index is 12.3. The van der Waals surface area contributed by atoms with Crippen LogP contribution in [0.4, 0.5) is 0 Å². The van der Waals surface area contributed by atoms with Crippen molar-refractivity contribution in [1.82, 2.24) is 15.1 Å². The smallest absolute Gasteiger partial charge is 0.222 e. The lowest BCUT2D eigenvalue weighted by molar-refractivity contribution is -0.133. The van der Waals surface area contributed by atoms with Crippen LogP contribution in [0.5, 0.6) is 0 Å². The molecule has 2 atom stereocenters. The van der Waals surface area contributed by atoms with Gasteiger partial charge < -0.3 is 15.3 Å². The lowest BCUT2D eigenvalue weighted by Crippen LogP contribution is -2.49. The van der Waals surface area contributed by atoms with Crippen molar-refractivity contribution < 1.29 is 9.90 Å². The summed E-state index contributed by atoms with van der Waals surface area (Å²) >= 11 is 0. The number of aliphatic hydroxyl groups excluding tert-OH is 1. The largest absolute Gasteiger partial charge is 0.387 e. The molecule has 132 valence electrons. The minimum Gasteiger partial charge on any atom is -0.387 e. The molecule has 2 aliphatic heterocycles. The number of hydrogen-bond donors (Lipinski definition) is 2. The lowest BCUT2D eigenvalue weighted by atomic mass is 10.0. The van der Waals surface area contributed by atoms with Crippen molar-refractivity contribution in [2.24, 2.45) is 5.92 Å². The van der Waals surface area contributed by atoms with Gasteiger partial charge in [-0.25, -0.2) is 0 Å². The quantitative estimate of drug-likeness (QED) is 0.824. The Morgan fingerprint density at radius 1 is 1.21 bits per heavy atom. The first-order valence-electron chi connectivity index (χ1n) is 9.16. The Kier molecular flexibility index (Phi) is 6.24. The molecule has 2 heterocycles. The SMILES string of the molecule is O=C(CCC1CCNC1)N1CCN(CC(O)c2ccccc2)CC1. The number of piperazine rings is 1. The van der Waals surface area contributed by atoms with Gasteiger partial charge in [-0.2, -0.15) is 0 Å². The molecule has 0 radical (unpaired) electrons. The number of rotatable bonds is 6. The summed E-state index contributed by atoms with van der Waals surface area (Å²) in [4.78, 5) is 16.6. The maximum Gasteiger partial charge on any atom is 0.222 e. The first-order chi connectivity index (χ1) is 11.7. The topological polar surface area (TPSA) is 55.8 Å². The van der Waals surface area contributed by atoms with Crippen LogP contribution in [0, 0.1) is 5.92 Å². The molecule has 24 heavy (non-hydrogen) atoms. The van der Waals surface area contributed by atoms with Crippen molar-refractivity contribution in [2.75, 3.05) is 45.8 Å². The Hall–Kier alpha value is -1.43. The molecular formula is C19H29N3O2. The molecule has 1 aromatic carbocycles. The Balaban J connectivity index is 1.38. The van der Waals surface area contributed by atoms with Crippen LogP contribution in [0.25, 0.3) is 0 Å². The van der Waals surface area contributed by atoms with Crippen molar-refractivity contribution >= 4 is 5.91 Å². The van der Waals surface area contributed by atoms with E-state index < -0.39 is 6.10 Å². The van der Waals surface area contributed by atoms with Gasteiger partial charge in [0.25, 0.3) is 0 Å². The van der Waals surface area contributed by atoms with Gasteiger partial charge in [-0.1, -0.05) is 30.3 Å². The zero-order chi connectivity index (χ0) is 16.8. The third-order valence-corrected chi connectivity index (χ3v) is 5.27. The molecule has 2 aliphatic rings. The summed E-state index contributed by atoms with van der Waals surface area (Å²) in [5.74, 6) is 0.974. The first kappa shape index (κ1) is 17.4. The molecule has 5 heteroatoms.